The Kier molecular flexibility index (Phi) is 4.63. The van der Waals surface area contributed by atoms with Crippen molar-refractivity contribution in [3.05, 3.63) is 23.3 Å². The molecule has 1 aromatic rings. The molecule has 0 amide bonds. The maximum Gasteiger partial charge on any atom is 0.245 e. The van der Waals surface area contributed by atoms with Crippen LogP contribution in [0.2, 0.25) is 0 Å². The molecule has 0 aliphatic heterocycles. The van der Waals surface area contributed by atoms with E-state index in [1.165, 1.54) is 4.31 Å². The summed E-state index contributed by atoms with van der Waals surface area (Å²) in [7, 11) is -1.95. The summed E-state index contributed by atoms with van der Waals surface area (Å²) in [6.45, 7) is 9.60. The lowest BCUT2D eigenvalue weighted by molar-refractivity contribution is 0.316. The molecular formula is C14H24N2O2S. The summed E-state index contributed by atoms with van der Waals surface area (Å²) in [5.74, 6) is 0.242. The van der Waals surface area contributed by atoms with Crippen molar-refractivity contribution in [1.82, 2.24) is 4.31 Å². The summed E-state index contributed by atoms with van der Waals surface area (Å²) in [5.41, 5.74) is 7.85. The van der Waals surface area contributed by atoms with E-state index in [4.69, 9.17) is 5.73 Å². The molecule has 0 spiro atoms. The van der Waals surface area contributed by atoms with E-state index in [9.17, 15) is 8.42 Å². The molecule has 5 heteroatoms. The van der Waals surface area contributed by atoms with E-state index in [2.05, 4.69) is 0 Å². The van der Waals surface area contributed by atoms with Crippen molar-refractivity contribution in [2.24, 2.45) is 5.92 Å². The minimum atomic E-state index is -3.56. The number of aryl methyl sites for hydroxylation is 1. The molecule has 0 bridgehead atoms. The van der Waals surface area contributed by atoms with Crippen LogP contribution in [0.4, 0.5) is 5.69 Å². The Balaban J connectivity index is 3.40. The number of nitrogen functional groups attached to an aromatic ring is 1. The minimum Gasteiger partial charge on any atom is -0.398 e. The second-order valence-corrected chi connectivity index (χ2v) is 7.37. The summed E-state index contributed by atoms with van der Waals surface area (Å²) >= 11 is 0. The first-order chi connectivity index (χ1) is 8.60. The highest BCUT2D eigenvalue weighted by Crippen LogP contribution is 2.29. The van der Waals surface area contributed by atoms with Crippen molar-refractivity contribution < 1.29 is 8.42 Å². The fourth-order valence-corrected chi connectivity index (χ4v) is 3.82. The average Bonchev–Trinajstić information content (AvgIpc) is 2.32. The first kappa shape index (κ1) is 16.0. The molecule has 108 valence electrons. The summed E-state index contributed by atoms with van der Waals surface area (Å²) in [6, 6.07) is 3.42. The van der Waals surface area contributed by atoms with E-state index in [1.54, 1.807) is 20.0 Å². The van der Waals surface area contributed by atoms with E-state index in [1.807, 2.05) is 33.8 Å². The van der Waals surface area contributed by atoms with Gasteiger partial charge in [0.25, 0.3) is 0 Å². The average molecular weight is 284 g/mol. The Hall–Kier alpha value is -1.07. The third-order valence-electron chi connectivity index (χ3n) is 3.88. The maximum atomic E-state index is 12.7. The smallest absolute Gasteiger partial charge is 0.245 e. The number of nitrogens with two attached hydrogens (primary N) is 1. The van der Waals surface area contributed by atoms with Crippen LogP contribution in [0.15, 0.2) is 17.0 Å². The molecule has 0 saturated carbocycles. The third kappa shape index (κ3) is 2.92. The Labute approximate surface area is 116 Å². The summed E-state index contributed by atoms with van der Waals surface area (Å²) < 4.78 is 26.8. The molecule has 2 N–H and O–H groups in total. The number of benzene rings is 1. The van der Waals surface area contributed by atoms with E-state index < -0.39 is 10.0 Å². The number of hydrogen-bond donors (Lipinski definition) is 1. The molecule has 0 aliphatic rings. The molecule has 1 unspecified atom stereocenters. The Morgan fingerprint density at radius 1 is 1.16 bits per heavy atom. The van der Waals surface area contributed by atoms with Gasteiger partial charge < -0.3 is 5.73 Å². The number of rotatable bonds is 4. The molecule has 0 saturated heterocycles. The zero-order valence-corrected chi connectivity index (χ0v) is 13.4. The van der Waals surface area contributed by atoms with Crippen LogP contribution in [0.3, 0.4) is 0 Å². The highest BCUT2D eigenvalue weighted by Gasteiger charge is 2.30. The topological polar surface area (TPSA) is 63.4 Å². The van der Waals surface area contributed by atoms with Crippen molar-refractivity contribution in [2.45, 2.75) is 45.6 Å². The lowest BCUT2D eigenvalue weighted by atomic mass is 10.1. The first-order valence-corrected chi connectivity index (χ1v) is 7.88. The molecule has 4 nitrogen and oxygen atoms in total. The van der Waals surface area contributed by atoms with Crippen molar-refractivity contribution >= 4 is 15.7 Å². The predicted molar refractivity (Wildman–Crippen MR) is 79.6 cm³/mol. The number of sulfonamides is 1. The quantitative estimate of drug-likeness (QED) is 0.864. The molecule has 0 fully saturated rings. The molecule has 1 rings (SSSR count). The van der Waals surface area contributed by atoms with Gasteiger partial charge in [0.1, 0.15) is 4.90 Å². The monoisotopic (exact) mass is 284 g/mol. The largest absolute Gasteiger partial charge is 0.398 e. The van der Waals surface area contributed by atoms with Crippen LogP contribution in [0.25, 0.3) is 0 Å². The highest BCUT2D eigenvalue weighted by atomic mass is 32.2. The molecule has 19 heavy (non-hydrogen) atoms. The van der Waals surface area contributed by atoms with Gasteiger partial charge in [-0.15, -0.1) is 0 Å². The van der Waals surface area contributed by atoms with Gasteiger partial charge in [-0.3, -0.25) is 0 Å². The van der Waals surface area contributed by atoms with Gasteiger partial charge in [0.15, 0.2) is 0 Å². The Bertz CT molecular complexity index is 565. The fourth-order valence-electron chi connectivity index (χ4n) is 1.94. The molecular weight excluding hydrogens is 260 g/mol. The first-order valence-electron chi connectivity index (χ1n) is 6.44. The lowest BCUT2D eigenvalue weighted by Gasteiger charge is -2.28. The zero-order chi connectivity index (χ0) is 15.0. The van der Waals surface area contributed by atoms with E-state index in [0.717, 1.165) is 11.1 Å². The summed E-state index contributed by atoms with van der Waals surface area (Å²) in [6.07, 6.45) is 0. The highest BCUT2D eigenvalue weighted by molar-refractivity contribution is 7.89. The van der Waals surface area contributed by atoms with Gasteiger partial charge in [-0.1, -0.05) is 19.9 Å². The molecule has 1 aromatic carbocycles. The SMILES string of the molecule is Cc1ccc(N)c(S(=O)(=O)N(C)C(C)C(C)C)c1C. The van der Waals surface area contributed by atoms with Gasteiger partial charge in [-0.2, -0.15) is 4.31 Å². The Morgan fingerprint density at radius 2 is 1.68 bits per heavy atom. The van der Waals surface area contributed by atoms with Crippen LogP contribution in [0.5, 0.6) is 0 Å². The van der Waals surface area contributed by atoms with Gasteiger partial charge in [0, 0.05) is 13.1 Å². The van der Waals surface area contributed by atoms with Gasteiger partial charge >= 0.3 is 0 Å². The second kappa shape index (κ2) is 5.51. The van der Waals surface area contributed by atoms with Gasteiger partial charge in [0.05, 0.1) is 5.69 Å². The number of hydrogen-bond acceptors (Lipinski definition) is 3. The minimum absolute atomic E-state index is 0.0793. The summed E-state index contributed by atoms with van der Waals surface area (Å²) in [5, 5.41) is 0. The standard InChI is InChI=1S/C14H24N2O2S/c1-9(2)12(5)16(6)19(17,18)14-11(4)10(3)7-8-13(14)15/h7-9,12H,15H2,1-6H3. The summed E-state index contributed by atoms with van der Waals surface area (Å²) in [4.78, 5) is 0.238. The van der Waals surface area contributed by atoms with Crippen LogP contribution in [-0.2, 0) is 10.0 Å². The molecule has 1 atom stereocenters. The normalized spacial score (nSPS) is 14.1. The predicted octanol–water partition coefficient (Wildman–Crippen LogP) is 2.55. The zero-order valence-electron chi connectivity index (χ0n) is 12.6. The second-order valence-electron chi connectivity index (χ2n) is 5.43. The van der Waals surface area contributed by atoms with Crippen LogP contribution in [0, 0.1) is 19.8 Å². The van der Waals surface area contributed by atoms with Crippen LogP contribution in [-0.4, -0.2) is 25.8 Å². The van der Waals surface area contributed by atoms with Crippen molar-refractivity contribution in [2.75, 3.05) is 12.8 Å². The van der Waals surface area contributed by atoms with Gasteiger partial charge in [-0.25, -0.2) is 8.42 Å². The number of nitrogens with zero attached hydrogens (tertiary/aromatic N) is 1. The van der Waals surface area contributed by atoms with Crippen molar-refractivity contribution in [1.29, 1.82) is 0 Å². The molecule has 0 aromatic heterocycles. The molecule has 0 aliphatic carbocycles. The van der Waals surface area contributed by atoms with Crippen molar-refractivity contribution in [3.63, 3.8) is 0 Å². The van der Waals surface area contributed by atoms with Crippen LogP contribution in [0.1, 0.15) is 31.9 Å². The van der Waals surface area contributed by atoms with E-state index in [-0.39, 0.29) is 16.9 Å². The van der Waals surface area contributed by atoms with Crippen LogP contribution >= 0.6 is 0 Å². The van der Waals surface area contributed by atoms with Gasteiger partial charge in [-0.05, 0) is 43.9 Å². The van der Waals surface area contributed by atoms with Crippen molar-refractivity contribution in [3.8, 4) is 0 Å². The molecule has 0 radical (unpaired) electrons. The van der Waals surface area contributed by atoms with Crippen LogP contribution < -0.4 is 5.73 Å². The van der Waals surface area contributed by atoms with E-state index >= 15 is 0 Å². The third-order valence-corrected chi connectivity index (χ3v) is 6.03. The van der Waals surface area contributed by atoms with Gasteiger partial charge in [0.2, 0.25) is 10.0 Å². The molecule has 0 heterocycles. The Morgan fingerprint density at radius 3 is 2.16 bits per heavy atom. The maximum absolute atomic E-state index is 12.7. The van der Waals surface area contributed by atoms with E-state index in [0.29, 0.717) is 5.69 Å². The lowest BCUT2D eigenvalue weighted by Crippen LogP contribution is -2.38. The number of anilines is 1. The fraction of sp³-hybridized carbons (Fsp3) is 0.571.